The number of carbonyl (C=O) groups is 2. The molecule has 29 heavy (non-hydrogen) atoms. The maximum Gasteiger partial charge on any atom is 0.310 e. The van der Waals surface area contributed by atoms with Gasteiger partial charge in [0.25, 0.3) is 5.91 Å². The third-order valence-electron chi connectivity index (χ3n) is 5.04. The highest BCUT2D eigenvalue weighted by molar-refractivity contribution is 6.07. The van der Waals surface area contributed by atoms with Crippen molar-refractivity contribution in [2.75, 3.05) is 18.1 Å². The van der Waals surface area contributed by atoms with Crippen LogP contribution in [0.3, 0.4) is 0 Å². The quantitative estimate of drug-likeness (QED) is 0.573. The zero-order chi connectivity index (χ0) is 21.0. The van der Waals surface area contributed by atoms with Crippen LogP contribution in [0, 0.1) is 12.8 Å². The number of aromatic nitrogens is 3. The van der Waals surface area contributed by atoms with E-state index in [1.807, 2.05) is 37.6 Å². The molecule has 1 atom stereocenters. The van der Waals surface area contributed by atoms with Crippen LogP contribution in [0.2, 0.25) is 0 Å². The summed E-state index contributed by atoms with van der Waals surface area (Å²) in [4.78, 5) is 36.1. The van der Waals surface area contributed by atoms with Gasteiger partial charge in [-0.3, -0.25) is 14.5 Å². The van der Waals surface area contributed by atoms with Gasteiger partial charge < -0.3 is 9.30 Å². The summed E-state index contributed by atoms with van der Waals surface area (Å²) in [5.74, 6) is 0.412. The number of esters is 1. The number of rotatable bonds is 7. The first-order chi connectivity index (χ1) is 14.0. The fourth-order valence-electron chi connectivity index (χ4n) is 3.25. The Kier molecular flexibility index (Phi) is 6.26. The van der Waals surface area contributed by atoms with Gasteiger partial charge in [0, 0.05) is 25.4 Å². The van der Waals surface area contributed by atoms with E-state index in [-0.39, 0.29) is 18.4 Å². The average molecular weight is 394 g/mol. The van der Waals surface area contributed by atoms with Crippen molar-refractivity contribution in [2.45, 2.75) is 27.2 Å². The predicted octanol–water partition coefficient (Wildman–Crippen LogP) is 3.51. The topological polar surface area (TPSA) is 77.3 Å². The van der Waals surface area contributed by atoms with Crippen LogP contribution in [0.1, 0.15) is 36.5 Å². The molecule has 0 saturated heterocycles. The van der Waals surface area contributed by atoms with Gasteiger partial charge >= 0.3 is 5.97 Å². The molecule has 0 aliphatic heterocycles. The maximum absolute atomic E-state index is 13.4. The lowest BCUT2D eigenvalue weighted by molar-refractivity contribution is -0.147. The van der Waals surface area contributed by atoms with Crippen molar-refractivity contribution in [3.63, 3.8) is 0 Å². The lowest BCUT2D eigenvalue weighted by Gasteiger charge is -2.25. The molecule has 1 unspecified atom stereocenters. The van der Waals surface area contributed by atoms with Crippen LogP contribution in [0.15, 0.2) is 42.6 Å². The molecule has 3 rings (SSSR count). The van der Waals surface area contributed by atoms with Crippen molar-refractivity contribution in [1.82, 2.24) is 14.5 Å². The molecular formula is C22H26N4O3. The van der Waals surface area contributed by atoms with E-state index in [2.05, 4.69) is 9.97 Å². The fraction of sp³-hybridized carbons (Fsp3) is 0.364. The second kappa shape index (κ2) is 8.86. The summed E-state index contributed by atoms with van der Waals surface area (Å²) in [5.41, 5.74) is 2.22. The molecule has 0 aliphatic carbocycles. The number of nitrogens with zero attached hydrogens (tertiary/aromatic N) is 4. The number of hydrogen-bond acceptors (Lipinski definition) is 5. The average Bonchev–Trinajstić information content (AvgIpc) is 3.02. The van der Waals surface area contributed by atoms with E-state index in [0.717, 1.165) is 16.9 Å². The number of pyridine rings is 1. The van der Waals surface area contributed by atoms with Gasteiger partial charge in [-0.25, -0.2) is 9.97 Å². The summed E-state index contributed by atoms with van der Waals surface area (Å²) in [7, 11) is 1.94. The molecule has 2 aromatic heterocycles. The van der Waals surface area contributed by atoms with E-state index in [1.165, 1.54) is 0 Å². The summed E-state index contributed by atoms with van der Waals surface area (Å²) in [6.45, 7) is 6.11. The number of benzene rings is 1. The van der Waals surface area contributed by atoms with Crippen molar-refractivity contribution in [1.29, 1.82) is 0 Å². The first kappa shape index (κ1) is 20.5. The molecule has 0 saturated carbocycles. The molecule has 3 aromatic rings. The number of ether oxygens (including phenoxy) is 1. The highest BCUT2D eigenvalue weighted by Crippen LogP contribution is 2.22. The van der Waals surface area contributed by atoms with Gasteiger partial charge in [0.1, 0.15) is 11.6 Å². The van der Waals surface area contributed by atoms with E-state index in [9.17, 15) is 9.59 Å². The largest absolute Gasteiger partial charge is 0.466 e. The molecule has 0 spiro atoms. The van der Waals surface area contributed by atoms with Crippen LogP contribution in [0.5, 0.6) is 0 Å². The first-order valence-electron chi connectivity index (χ1n) is 9.78. The third kappa shape index (κ3) is 4.29. The highest BCUT2D eigenvalue weighted by atomic mass is 16.5. The minimum absolute atomic E-state index is 0.199. The lowest BCUT2D eigenvalue weighted by Crippen LogP contribution is -2.39. The van der Waals surface area contributed by atoms with Gasteiger partial charge in [0.05, 0.1) is 23.6 Å². The van der Waals surface area contributed by atoms with Gasteiger partial charge in [-0.1, -0.05) is 13.0 Å². The fourth-order valence-corrected chi connectivity index (χ4v) is 3.25. The van der Waals surface area contributed by atoms with Crippen LogP contribution >= 0.6 is 0 Å². The van der Waals surface area contributed by atoms with Crippen molar-refractivity contribution < 1.29 is 14.3 Å². The Morgan fingerprint density at radius 3 is 2.66 bits per heavy atom. The normalized spacial score (nSPS) is 12.0. The van der Waals surface area contributed by atoms with Gasteiger partial charge in [-0.05, 0) is 50.6 Å². The van der Waals surface area contributed by atoms with Gasteiger partial charge in [-0.15, -0.1) is 0 Å². The molecular weight excluding hydrogens is 368 g/mol. The van der Waals surface area contributed by atoms with E-state index >= 15 is 0 Å². The highest BCUT2D eigenvalue weighted by Gasteiger charge is 2.27. The summed E-state index contributed by atoms with van der Waals surface area (Å²) in [6, 6.07) is 10.8. The Morgan fingerprint density at radius 2 is 2.00 bits per heavy atom. The molecule has 1 aromatic carbocycles. The van der Waals surface area contributed by atoms with Gasteiger partial charge in [-0.2, -0.15) is 0 Å². The zero-order valence-corrected chi connectivity index (χ0v) is 17.3. The number of amides is 1. The minimum atomic E-state index is -0.429. The van der Waals surface area contributed by atoms with Crippen molar-refractivity contribution in [2.24, 2.45) is 13.0 Å². The molecule has 0 fully saturated rings. The van der Waals surface area contributed by atoms with Gasteiger partial charge in [0.2, 0.25) is 0 Å². The van der Waals surface area contributed by atoms with Crippen LogP contribution in [0.4, 0.5) is 5.82 Å². The van der Waals surface area contributed by atoms with E-state index < -0.39 is 5.92 Å². The van der Waals surface area contributed by atoms with E-state index in [1.54, 1.807) is 42.3 Å². The summed E-state index contributed by atoms with van der Waals surface area (Å²) < 4.78 is 7.16. The Morgan fingerprint density at radius 1 is 1.21 bits per heavy atom. The molecule has 0 aliphatic rings. The maximum atomic E-state index is 13.4. The van der Waals surface area contributed by atoms with Crippen LogP contribution in [0.25, 0.3) is 11.0 Å². The Labute approximate surface area is 170 Å². The second-order valence-electron chi connectivity index (χ2n) is 6.88. The Balaban J connectivity index is 1.97. The Bertz CT molecular complexity index is 1010. The summed E-state index contributed by atoms with van der Waals surface area (Å²) >= 11 is 0. The molecule has 1 amide bonds. The van der Waals surface area contributed by atoms with Crippen LogP contribution in [-0.2, 0) is 16.6 Å². The minimum Gasteiger partial charge on any atom is -0.466 e. The van der Waals surface area contributed by atoms with Crippen molar-refractivity contribution in [3.05, 3.63) is 54.0 Å². The Hall–Kier alpha value is -3.22. The molecule has 0 radical (unpaired) electrons. The van der Waals surface area contributed by atoms with Crippen molar-refractivity contribution >= 4 is 28.7 Å². The number of hydrogen-bond donors (Lipinski definition) is 0. The number of aryl methyl sites for hydroxylation is 2. The standard InChI is InChI=1S/C22H26N4O3/c1-5-16(22(28)29-6-2)14-26(20-9-7-8-12-23-20)21(27)17-10-11-19-18(13-17)24-15(3)25(19)4/h7-13,16H,5-6,14H2,1-4H3. The van der Waals surface area contributed by atoms with E-state index in [0.29, 0.717) is 24.4 Å². The van der Waals surface area contributed by atoms with E-state index in [4.69, 9.17) is 4.74 Å². The monoisotopic (exact) mass is 394 g/mol. The lowest BCUT2D eigenvalue weighted by atomic mass is 10.1. The number of imidazole rings is 1. The molecule has 0 bridgehead atoms. The molecule has 7 heteroatoms. The number of carbonyl (C=O) groups excluding carboxylic acids is 2. The first-order valence-corrected chi connectivity index (χ1v) is 9.78. The molecule has 2 heterocycles. The third-order valence-corrected chi connectivity index (χ3v) is 5.04. The zero-order valence-electron chi connectivity index (χ0n) is 17.3. The number of anilines is 1. The summed E-state index contributed by atoms with van der Waals surface area (Å²) in [5, 5.41) is 0. The van der Waals surface area contributed by atoms with Crippen LogP contribution in [-0.4, -0.2) is 39.6 Å². The van der Waals surface area contributed by atoms with Crippen molar-refractivity contribution in [3.8, 4) is 0 Å². The van der Waals surface area contributed by atoms with Crippen LogP contribution < -0.4 is 4.90 Å². The second-order valence-corrected chi connectivity index (χ2v) is 6.88. The van der Waals surface area contributed by atoms with Gasteiger partial charge in [0.15, 0.2) is 0 Å². The number of fused-ring (bicyclic) bond motifs is 1. The smallest absolute Gasteiger partial charge is 0.310 e. The predicted molar refractivity (Wildman–Crippen MR) is 112 cm³/mol. The SMILES string of the molecule is CCOC(=O)C(CC)CN(C(=O)c1ccc2c(c1)nc(C)n2C)c1ccccn1. The molecule has 152 valence electrons. The summed E-state index contributed by atoms with van der Waals surface area (Å²) in [6.07, 6.45) is 2.19. The molecule has 7 nitrogen and oxygen atoms in total. The molecule has 0 N–H and O–H groups in total.